The SMILES string of the molecule is Cc1ccc2nc(NC(=O)CC(C)(C)C)n(-c3ccc(F)cc3F)c2n1. The van der Waals surface area contributed by atoms with Gasteiger partial charge in [-0.05, 0) is 36.6 Å². The highest BCUT2D eigenvalue weighted by Crippen LogP contribution is 2.27. The topological polar surface area (TPSA) is 59.8 Å². The molecular formula is C19H20F2N4O. The monoisotopic (exact) mass is 358 g/mol. The van der Waals surface area contributed by atoms with E-state index in [0.29, 0.717) is 16.9 Å². The van der Waals surface area contributed by atoms with Crippen LogP contribution in [0.3, 0.4) is 0 Å². The molecule has 0 saturated heterocycles. The summed E-state index contributed by atoms with van der Waals surface area (Å²) in [4.78, 5) is 21.1. The second-order valence-corrected chi connectivity index (χ2v) is 7.45. The predicted octanol–water partition coefficient (Wildman–Crippen LogP) is 4.38. The lowest BCUT2D eigenvalue weighted by Gasteiger charge is -2.17. The van der Waals surface area contributed by atoms with Crippen molar-refractivity contribution in [1.29, 1.82) is 0 Å². The van der Waals surface area contributed by atoms with Crippen LogP contribution in [0.15, 0.2) is 30.3 Å². The highest BCUT2D eigenvalue weighted by atomic mass is 19.1. The number of carbonyl (C=O) groups is 1. The first kappa shape index (κ1) is 18.0. The van der Waals surface area contributed by atoms with Gasteiger partial charge in [-0.25, -0.2) is 18.7 Å². The normalized spacial score (nSPS) is 11.8. The van der Waals surface area contributed by atoms with Crippen LogP contribution in [0.5, 0.6) is 0 Å². The minimum absolute atomic E-state index is 0.0676. The van der Waals surface area contributed by atoms with Crippen LogP contribution >= 0.6 is 0 Å². The van der Waals surface area contributed by atoms with Crippen LogP contribution in [-0.2, 0) is 4.79 Å². The molecule has 0 atom stereocenters. The van der Waals surface area contributed by atoms with Gasteiger partial charge in [0, 0.05) is 18.2 Å². The predicted molar refractivity (Wildman–Crippen MR) is 96.2 cm³/mol. The van der Waals surface area contributed by atoms with Crippen molar-refractivity contribution >= 4 is 23.0 Å². The lowest BCUT2D eigenvalue weighted by molar-refractivity contribution is -0.117. The Kier molecular flexibility index (Phi) is 4.48. The summed E-state index contributed by atoms with van der Waals surface area (Å²) in [5, 5.41) is 2.73. The Balaban J connectivity index is 2.15. The number of imidazole rings is 1. The van der Waals surface area contributed by atoms with Crippen molar-refractivity contribution in [3.8, 4) is 5.69 Å². The van der Waals surface area contributed by atoms with E-state index in [1.807, 2.05) is 20.8 Å². The van der Waals surface area contributed by atoms with E-state index in [1.165, 1.54) is 10.6 Å². The summed E-state index contributed by atoms with van der Waals surface area (Å²) < 4.78 is 29.1. The minimum atomic E-state index is -0.765. The largest absolute Gasteiger partial charge is 0.296 e. The van der Waals surface area contributed by atoms with E-state index in [2.05, 4.69) is 15.3 Å². The molecule has 0 aliphatic heterocycles. The molecule has 136 valence electrons. The standard InChI is InChI=1S/C19H20F2N4O/c1-11-5-7-14-17(22-11)25(15-8-6-12(20)9-13(15)21)18(23-14)24-16(26)10-19(2,3)4/h5-9H,10H2,1-4H3,(H,23,24,26). The van der Waals surface area contributed by atoms with Crippen LogP contribution in [0.25, 0.3) is 16.9 Å². The van der Waals surface area contributed by atoms with Crippen LogP contribution in [-0.4, -0.2) is 20.4 Å². The molecule has 0 aliphatic rings. The number of carbonyl (C=O) groups excluding carboxylic acids is 1. The third-order valence-electron chi connectivity index (χ3n) is 3.74. The molecule has 0 radical (unpaired) electrons. The number of rotatable bonds is 3. The van der Waals surface area contributed by atoms with Gasteiger partial charge in [-0.3, -0.25) is 14.7 Å². The molecule has 0 saturated carbocycles. The average molecular weight is 358 g/mol. The molecule has 3 aromatic rings. The number of benzene rings is 1. The number of fused-ring (bicyclic) bond motifs is 1. The van der Waals surface area contributed by atoms with Crippen LogP contribution in [0, 0.1) is 24.0 Å². The maximum absolute atomic E-state index is 14.4. The van der Waals surface area contributed by atoms with Gasteiger partial charge in [-0.15, -0.1) is 0 Å². The van der Waals surface area contributed by atoms with Gasteiger partial charge in [-0.2, -0.15) is 0 Å². The van der Waals surface area contributed by atoms with E-state index in [0.717, 1.165) is 12.1 Å². The zero-order chi connectivity index (χ0) is 19.1. The molecule has 0 spiro atoms. The molecule has 2 heterocycles. The van der Waals surface area contributed by atoms with E-state index in [1.54, 1.807) is 19.1 Å². The van der Waals surface area contributed by atoms with Crippen LogP contribution in [0.4, 0.5) is 14.7 Å². The number of hydrogen-bond acceptors (Lipinski definition) is 3. The fourth-order valence-electron chi connectivity index (χ4n) is 2.68. The van der Waals surface area contributed by atoms with Gasteiger partial charge in [-0.1, -0.05) is 20.8 Å². The van der Waals surface area contributed by atoms with E-state index in [9.17, 15) is 13.6 Å². The summed E-state index contributed by atoms with van der Waals surface area (Å²) in [5.41, 5.74) is 1.47. The van der Waals surface area contributed by atoms with Gasteiger partial charge >= 0.3 is 0 Å². The quantitative estimate of drug-likeness (QED) is 0.756. The van der Waals surface area contributed by atoms with Crippen molar-refractivity contribution < 1.29 is 13.6 Å². The second kappa shape index (κ2) is 6.48. The first-order valence-corrected chi connectivity index (χ1v) is 8.25. The summed E-state index contributed by atoms with van der Waals surface area (Å²) in [6, 6.07) is 6.77. The van der Waals surface area contributed by atoms with Gasteiger partial charge in [0.2, 0.25) is 11.9 Å². The summed E-state index contributed by atoms with van der Waals surface area (Å²) in [5.74, 6) is -1.54. The molecule has 0 bridgehead atoms. The Bertz CT molecular complexity index is 989. The zero-order valence-corrected chi connectivity index (χ0v) is 15.1. The Morgan fingerprint density at radius 2 is 1.88 bits per heavy atom. The van der Waals surface area contributed by atoms with Crippen molar-refractivity contribution in [3.63, 3.8) is 0 Å². The highest BCUT2D eigenvalue weighted by molar-refractivity contribution is 5.92. The molecule has 26 heavy (non-hydrogen) atoms. The molecule has 0 fully saturated rings. The number of pyridine rings is 1. The Morgan fingerprint density at radius 3 is 2.54 bits per heavy atom. The van der Waals surface area contributed by atoms with E-state index in [4.69, 9.17) is 0 Å². The number of aryl methyl sites for hydroxylation is 1. The lowest BCUT2D eigenvalue weighted by Crippen LogP contribution is -2.21. The number of anilines is 1. The fourth-order valence-corrected chi connectivity index (χ4v) is 2.68. The van der Waals surface area contributed by atoms with Crippen LogP contribution in [0.2, 0.25) is 0 Å². The molecule has 1 aromatic carbocycles. The van der Waals surface area contributed by atoms with Crippen molar-refractivity contribution in [3.05, 3.63) is 47.7 Å². The molecule has 5 nitrogen and oxygen atoms in total. The van der Waals surface area contributed by atoms with Gasteiger partial charge in [0.25, 0.3) is 0 Å². The Hall–Kier alpha value is -2.83. The van der Waals surface area contributed by atoms with Crippen LogP contribution < -0.4 is 5.32 Å². The van der Waals surface area contributed by atoms with Crippen LogP contribution in [0.1, 0.15) is 32.9 Å². The van der Waals surface area contributed by atoms with Gasteiger partial charge in [0.1, 0.15) is 17.2 Å². The number of hydrogen-bond donors (Lipinski definition) is 1. The van der Waals surface area contributed by atoms with Gasteiger partial charge in [0.15, 0.2) is 5.65 Å². The maximum atomic E-state index is 14.4. The lowest BCUT2D eigenvalue weighted by atomic mass is 9.92. The van der Waals surface area contributed by atoms with Crippen molar-refractivity contribution in [2.45, 2.75) is 34.1 Å². The summed E-state index contributed by atoms with van der Waals surface area (Å²) in [6.07, 6.45) is 0.272. The maximum Gasteiger partial charge on any atom is 0.227 e. The molecule has 1 amide bonds. The number of nitrogens with zero attached hydrogens (tertiary/aromatic N) is 3. The third kappa shape index (κ3) is 3.71. The Labute approximate surface area is 150 Å². The third-order valence-corrected chi connectivity index (χ3v) is 3.74. The highest BCUT2D eigenvalue weighted by Gasteiger charge is 2.21. The number of nitrogens with one attached hydrogen (secondary N) is 1. The number of aromatic nitrogens is 3. The number of amides is 1. The molecule has 2 aromatic heterocycles. The van der Waals surface area contributed by atoms with Crippen molar-refractivity contribution in [2.75, 3.05) is 5.32 Å². The van der Waals surface area contributed by atoms with Crippen molar-refractivity contribution in [2.24, 2.45) is 5.41 Å². The molecule has 7 heteroatoms. The summed E-state index contributed by atoms with van der Waals surface area (Å²) >= 11 is 0. The molecule has 1 N–H and O–H groups in total. The Morgan fingerprint density at radius 1 is 1.15 bits per heavy atom. The first-order valence-electron chi connectivity index (χ1n) is 8.25. The zero-order valence-electron chi connectivity index (χ0n) is 15.1. The molecular weight excluding hydrogens is 338 g/mol. The average Bonchev–Trinajstić information content (AvgIpc) is 2.82. The van der Waals surface area contributed by atoms with E-state index >= 15 is 0 Å². The summed E-state index contributed by atoms with van der Waals surface area (Å²) in [6.45, 7) is 7.63. The van der Waals surface area contributed by atoms with Crippen molar-refractivity contribution in [1.82, 2.24) is 14.5 Å². The minimum Gasteiger partial charge on any atom is -0.296 e. The molecule has 3 rings (SSSR count). The fraction of sp³-hybridized carbons (Fsp3) is 0.316. The molecule has 0 unspecified atom stereocenters. The first-order chi connectivity index (χ1) is 12.1. The molecule has 0 aliphatic carbocycles. The van der Waals surface area contributed by atoms with E-state index < -0.39 is 11.6 Å². The van der Waals surface area contributed by atoms with E-state index in [-0.39, 0.29) is 29.4 Å². The second-order valence-electron chi connectivity index (χ2n) is 7.45. The van der Waals surface area contributed by atoms with Gasteiger partial charge in [0.05, 0.1) is 5.69 Å². The number of halogens is 2. The van der Waals surface area contributed by atoms with Gasteiger partial charge < -0.3 is 0 Å². The smallest absolute Gasteiger partial charge is 0.227 e. The summed E-state index contributed by atoms with van der Waals surface area (Å²) in [7, 11) is 0.